The van der Waals surface area contributed by atoms with E-state index in [9.17, 15) is 13.7 Å². The topological polar surface area (TPSA) is 26.3 Å². The molecule has 66 valence electrons. The average Bonchev–Trinajstić information content (AvgIpc) is 2.04. The van der Waals surface area contributed by atoms with Gasteiger partial charge in [-0.1, -0.05) is 6.92 Å². The highest BCUT2D eigenvalue weighted by molar-refractivity contribution is 5.68. The van der Waals surface area contributed by atoms with E-state index in [0.29, 0.717) is 12.8 Å². The van der Waals surface area contributed by atoms with Crippen molar-refractivity contribution >= 4 is 5.97 Å². The molecule has 0 aliphatic carbocycles. The molecule has 1 unspecified atom stereocenters. The zero-order valence-electron chi connectivity index (χ0n) is 6.48. The first-order valence-corrected chi connectivity index (χ1v) is 3.58. The van der Waals surface area contributed by atoms with E-state index in [1.807, 2.05) is 0 Å². The minimum absolute atomic E-state index is 0.0286. The molecule has 0 bridgehead atoms. The Morgan fingerprint density at radius 1 is 1.64 bits per heavy atom. The van der Waals surface area contributed by atoms with Crippen molar-refractivity contribution in [2.75, 3.05) is 6.67 Å². The van der Waals surface area contributed by atoms with E-state index in [0.717, 1.165) is 0 Å². The molecule has 0 N–H and O–H groups in total. The molecule has 0 aromatic heterocycles. The van der Waals surface area contributed by atoms with Gasteiger partial charge < -0.3 is 0 Å². The monoisotopic (exact) mass is 166 g/mol. The van der Waals surface area contributed by atoms with Crippen molar-refractivity contribution in [1.29, 1.82) is 0 Å². The Bertz CT molecular complexity index is 117. The number of carbonyl (C=O) groups is 1. The van der Waals surface area contributed by atoms with E-state index in [1.54, 1.807) is 6.92 Å². The summed E-state index contributed by atoms with van der Waals surface area (Å²) in [6.07, 6.45) is 1.10. The van der Waals surface area contributed by atoms with Crippen molar-refractivity contribution < 1.29 is 18.7 Å². The second-order valence-electron chi connectivity index (χ2n) is 2.60. The Kier molecular flexibility index (Phi) is 5.70. The van der Waals surface area contributed by atoms with E-state index in [4.69, 9.17) is 0 Å². The first-order chi connectivity index (χ1) is 5.20. The quantitative estimate of drug-likeness (QED) is 0.625. The minimum Gasteiger partial charge on any atom is -0.255 e. The highest BCUT2D eigenvalue weighted by Gasteiger charge is 2.05. The molecule has 0 spiro atoms. The molecule has 0 aliphatic rings. The van der Waals surface area contributed by atoms with Crippen molar-refractivity contribution in [3.8, 4) is 0 Å². The average molecular weight is 166 g/mol. The summed E-state index contributed by atoms with van der Waals surface area (Å²) in [6, 6.07) is 0. The zero-order chi connectivity index (χ0) is 8.69. The molecule has 2 nitrogen and oxygen atoms in total. The predicted octanol–water partition coefficient (Wildman–Crippen LogP) is 2.19. The predicted molar refractivity (Wildman–Crippen MR) is 36.2 cm³/mol. The highest BCUT2D eigenvalue weighted by atomic mass is 19.3. The maximum Gasteiger partial charge on any atom is 0.348 e. The summed E-state index contributed by atoms with van der Waals surface area (Å²) >= 11 is 0. The van der Waals surface area contributed by atoms with Crippen molar-refractivity contribution in [3.05, 3.63) is 0 Å². The normalized spacial score (nSPS) is 12.6. The lowest BCUT2D eigenvalue weighted by Gasteiger charge is -2.03. The fourth-order valence-corrected chi connectivity index (χ4v) is 0.711. The van der Waals surface area contributed by atoms with Gasteiger partial charge in [0.2, 0.25) is 0 Å². The largest absolute Gasteiger partial charge is 0.348 e. The Labute approximate surface area is 64.4 Å². The highest BCUT2D eigenvalue weighted by Crippen LogP contribution is 2.08. The van der Waals surface area contributed by atoms with Gasteiger partial charge in [0.05, 0.1) is 6.67 Å². The number of carbonyl (C=O) groups excluding carboxylic acids is 1. The Morgan fingerprint density at radius 2 is 2.27 bits per heavy atom. The third-order valence-electron chi connectivity index (χ3n) is 1.43. The van der Waals surface area contributed by atoms with Gasteiger partial charge in [-0.25, -0.2) is 4.79 Å². The van der Waals surface area contributed by atoms with Crippen LogP contribution in [0, 0.1) is 5.92 Å². The summed E-state index contributed by atoms with van der Waals surface area (Å²) in [7, 11) is 0. The van der Waals surface area contributed by atoms with Gasteiger partial charge in [-0.3, -0.25) is 9.33 Å². The lowest BCUT2D eigenvalue weighted by atomic mass is 10.1. The van der Waals surface area contributed by atoms with Crippen LogP contribution < -0.4 is 0 Å². The van der Waals surface area contributed by atoms with Crippen LogP contribution in [0.5, 0.6) is 0 Å². The van der Waals surface area contributed by atoms with Gasteiger partial charge in [-0.2, -0.15) is 0 Å². The zero-order valence-corrected chi connectivity index (χ0v) is 6.48. The lowest BCUT2D eigenvalue weighted by Crippen LogP contribution is -2.01. The molecule has 1 atom stereocenters. The van der Waals surface area contributed by atoms with E-state index < -0.39 is 12.6 Å². The van der Waals surface area contributed by atoms with Crippen LogP contribution >= 0.6 is 0 Å². The van der Waals surface area contributed by atoms with Gasteiger partial charge in [0.15, 0.2) is 0 Å². The standard InChI is InChI=1S/C7H12F2O2/c1-6(5-8)3-2-4-7(10)11-9/h6H,2-5H2,1H3. The van der Waals surface area contributed by atoms with Gasteiger partial charge in [-0.15, -0.1) is 0 Å². The molecule has 0 fully saturated rings. The maximum absolute atomic E-state index is 11.8. The summed E-state index contributed by atoms with van der Waals surface area (Å²) in [5, 5.41) is 0. The Balaban J connectivity index is 3.20. The fraction of sp³-hybridized carbons (Fsp3) is 0.857. The van der Waals surface area contributed by atoms with Crippen LogP contribution in [-0.2, 0) is 9.74 Å². The third kappa shape index (κ3) is 5.76. The van der Waals surface area contributed by atoms with Gasteiger partial charge in [-0.05, 0) is 18.8 Å². The fourth-order valence-electron chi connectivity index (χ4n) is 0.711. The van der Waals surface area contributed by atoms with Gasteiger partial charge in [0.25, 0.3) is 0 Å². The molecule has 0 heterocycles. The van der Waals surface area contributed by atoms with Crippen LogP contribution in [0.2, 0.25) is 0 Å². The minimum atomic E-state index is -0.879. The van der Waals surface area contributed by atoms with E-state index in [1.165, 1.54) is 0 Å². The van der Waals surface area contributed by atoms with Gasteiger partial charge in [0, 0.05) is 10.9 Å². The molecule has 11 heavy (non-hydrogen) atoms. The van der Waals surface area contributed by atoms with E-state index in [-0.39, 0.29) is 12.3 Å². The van der Waals surface area contributed by atoms with Crippen LogP contribution in [0.4, 0.5) is 8.92 Å². The molecule has 0 saturated heterocycles. The molecule has 0 aromatic rings. The number of alkyl halides is 1. The number of hydrogen-bond donors (Lipinski definition) is 0. The van der Waals surface area contributed by atoms with Crippen LogP contribution in [0.25, 0.3) is 0 Å². The third-order valence-corrected chi connectivity index (χ3v) is 1.43. The number of rotatable bonds is 5. The lowest BCUT2D eigenvalue weighted by molar-refractivity contribution is -0.183. The van der Waals surface area contributed by atoms with Crippen LogP contribution in [0.1, 0.15) is 26.2 Å². The molecular weight excluding hydrogens is 154 g/mol. The maximum atomic E-state index is 11.8. The summed E-state index contributed by atoms with van der Waals surface area (Å²) in [5.41, 5.74) is 0. The second kappa shape index (κ2) is 6.07. The van der Waals surface area contributed by atoms with Gasteiger partial charge >= 0.3 is 5.97 Å². The van der Waals surface area contributed by atoms with Crippen molar-refractivity contribution in [2.24, 2.45) is 5.92 Å². The van der Waals surface area contributed by atoms with Crippen LogP contribution in [0.3, 0.4) is 0 Å². The molecule has 4 heteroatoms. The molecule has 0 radical (unpaired) electrons. The van der Waals surface area contributed by atoms with Crippen molar-refractivity contribution in [2.45, 2.75) is 26.2 Å². The molecule has 0 aliphatic heterocycles. The molecule has 0 aromatic carbocycles. The van der Waals surface area contributed by atoms with E-state index >= 15 is 0 Å². The summed E-state index contributed by atoms with van der Waals surface area (Å²) in [4.78, 5) is 13.1. The van der Waals surface area contributed by atoms with E-state index in [2.05, 4.69) is 4.94 Å². The Morgan fingerprint density at radius 3 is 2.73 bits per heavy atom. The van der Waals surface area contributed by atoms with Crippen LogP contribution in [-0.4, -0.2) is 12.6 Å². The van der Waals surface area contributed by atoms with Crippen molar-refractivity contribution in [1.82, 2.24) is 0 Å². The summed E-state index contributed by atoms with van der Waals surface area (Å²) < 4.78 is 22.9. The molecular formula is C7H12F2O2. The molecule has 0 rings (SSSR count). The summed E-state index contributed by atoms with van der Waals surface area (Å²) in [6.45, 7) is 1.34. The smallest absolute Gasteiger partial charge is 0.255 e. The number of hydrogen-bond acceptors (Lipinski definition) is 2. The van der Waals surface area contributed by atoms with Crippen molar-refractivity contribution in [3.63, 3.8) is 0 Å². The first-order valence-electron chi connectivity index (χ1n) is 3.58. The summed E-state index contributed by atoms with van der Waals surface area (Å²) in [5.74, 6) is -0.932. The SMILES string of the molecule is CC(CF)CCCC(=O)OF. The van der Waals surface area contributed by atoms with Crippen LogP contribution in [0.15, 0.2) is 0 Å². The molecule has 0 saturated carbocycles. The second-order valence-corrected chi connectivity index (χ2v) is 2.60. The van der Waals surface area contributed by atoms with Gasteiger partial charge in [0.1, 0.15) is 0 Å². The first kappa shape index (κ1) is 10.3. The number of halogens is 2. The molecule has 0 amide bonds. The Hall–Kier alpha value is -0.670.